The molecule has 4 aromatic rings. The van der Waals surface area contributed by atoms with Crippen molar-refractivity contribution in [2.75, 3.05) is 37.4 Å². The van der Waals surface area contributed by atoms with E-state index in [2.05, 4.69) is 16.0 Å². The van der Waals surface area contributed by atoms with Crippen molar-refractivity contribution >= 4 is 35.2 Å². The van der Waals surface area contributed by atoms with Gasteiger partial charge in [0.1, 0.15) is 5.75 Å². The first-order chi connectivity index (χ1) is 22.7. The number of carboxylic acids is 1. The molecule has 244 valence electrons. The van der Waals surface area contributed by atoms with E-state index in [9.17, 15) is 24.3 Å². The highest BCUT2D eigenvalue weighted by atomic mass is 16.5. The van der Waals surface area contributed by atoms with Crippen molar-refractivity contribution < 1.29 is 29.0 Å². The number of hydrogen-bond donors (Lipinski definition) is 4. The van der Waals surface area contributed by atoms with Gasteiger partial charge in [-0.15, -0.1) is 0 Å². The minimum atomic E-state index is -1.01. The molecular weight excluding hydrogens is 596 g/mol. The van der Waals surface area contributed by atoms with E-state index in [0.29, 0.717) is 35.7 Å². The monoisotopic (exact) mass is 636 g/mol. The van der Waals surface area contributed by atoms with Crippen LogP contribution in [0.15, 0.2) is 103 Å². The molecule has 0 aromatic heterocycles. The lowest BCUT2D eigenvalue weighted by Gasteiger charge is -2.26. The van der Waals surface area contributed by atoms with Crippen LogP contribution in [0.2, 0.25) is 0 Å². The van der Waals surface area contributed by atoms with Gasteiger partial charge in [-0.25, -0.2) is 4.79 Å². The van der Waals surface area contributed by atoms with Gasteiger partial charge >= 0.3 is 12.0 Å². The van der Waals surface area contributed by atoms with Crippen molar-refractivity contribution in [1.82, 2.24) is 10.2 Å². The maximum atomic E-state index is 13.3. The highest BCUT2D eigenvalue weighted by Gasteiger charge is 2.20. The number of urea groups is 1. The summed E-state index contributed by atoms with van der Waals surface area (Å²) in [5.74, 6) is -1.38. The zero-order valence-electron chi connectivity index (χ0n) is 26.6. The fourth-order valence-corrected chi connectivity index (χ4v) is 5.24. The van der Waals surface area contributed by atoms with Gasteiger partial charge < -0.3 is 30.7 Å². The Labute approximate surface area is 274 Å². The van der Waals surface area contributed by atoms with Crippen molar-refractivity contribution in [1.29, 1.82) is 0 Å². The Morgan fingerprint density at radius 2 is 1.40 bits per heavy atom. The van der Waals surface area contributed by atoms with Gasteiger partial charge in [-0.1, -0.05) is 84.9 Å². The molecule has 4 amide bonds. The molecule has 0 radical (unpaired) electrons. The van der Waals surface area contributed by atoms with Gasteiger partial charge in [-0.3, -0.25) is 14.4 Å². The van der Waals surface area contributed by atoms with E-state index in [-0.39, 0.29) is 43.7 Å². The molecule has 0 fully saturated rings. The first-order valence-corrected chi connectivity index (χ1v) is 15.4. The lowest BCUT2D eigenvalue weighted by atomic mass is 9.88. The number of anilines is 2. The molecule has 0 heterocycles. The molecule has 0 saturated heterocycles. The van der Waals surface area contributed by atoms with Crippen LogP contribution >= 0.6 is 0 Å². The molecule has 0 atom stereocenters. The third kappa shape index (κ3) is 10.5. The third-order valence-corrected chi connectivity index (χ3v) is 7.75. The molecule has 0 bridgehead atoms. The number of carbonyl (C=O) groups excluding carboxylic acids is 3. The number of aliphatic carboxylic acids is 1. The van der Waals surface area contributed by atoms with Crippen molar-refractivity contribution in [3.05, 3.63) is 125 Å². The molecule has 10 heteroatoms. The van der Waals surface area contributed by atoms with Crippen LogP contribution in [-0.4, -0.2) is 60.6 Å². The van der Waals surface area contributed by atoms with E-state index < -0.39 is 12.0 Å². The van der Waals surface area contributed by atoms with Crippen LogP contribution in [0.1, 0.15) is 41.0 Å². The summed E-state index contributed by atoms with van der Waals surface area (Å²) in [4.78, 5) is 51.5. The summed E-state index contributed by atoms with van der Waals surface area (Å²) >= 11 is 0. The van der Waals surface area contributed by atoms with Crippen LogP contribution in [0.3, 0.4) is 0 Å². The Morgan fingerprint density at radius 3 is 2.02 bits per heavy atom. The number of aryl methyl sites for hydroxylation is 1. The Bertz CT molecular complexity index is 1620. The number of para-hydroxylation sites is 1. The number of rotatable bonds is 15. The standard InChI is InChI=1S/C37H40N4O6/c1-26-11-9-10-16-31(26)39-37(46)40-32-18-17-27(23-33(32)47-2)24-34(42)38-25-35(43)41(22-20-36(44)45)21-19-30(28-12-5-3-6-13-28)29-14-7-4-8-15-29/h3-18,23,30H,19-22,24-25H2,1-2H3,(H,38,42)(H,44,45)(H2,39,40,46). The smallest absolute Gasteiger partial charge is 0.323 e. The normalized spacial score (nSPS) is 10.6. The topological polar surface area (TPSA) is 137 Å². The van der Waals surface area contributed by atoms with E-state index in [1.54, 1.807) is 24.3 Å². The van der Waals surface area contributed by atoms with Gasteiger partial charge in [0.05, 0.1) is 32.2 Å². The molecule has 0 unspecified atom stereocenters. The maximum absolute atomic E-state index is 13.3. The van der Waals surface area contributed by atoms with Crippen molar-refractivity contribution in [3.63, 3.8) is 0 Å². The average molecular weight is 637 g/mol. The second-order valence-electron chi connectivity index (χ2n) is 11.1. The van der Waals surface area contributed by atoms with Crippen LogP contribution in [0.25, 0.3) is 0 Å². The maximum Gasteiger partial charge on any atom is 0.323 e. The number of amides is 4. The first kappa shape index (κ1) is 34.2. The summed E-state index contributed by atoms with van der Waals surface area (Å²) in [7, 11) is 1.47. The molecule has 10 nitrogen and oxygen atoms in total. The van der Waals surface area contributed by atoms with Gasteiger partial charge in [-0.05, 0) is 53.8 Å². The van der Waals surface area contributed by atoms with E-state index in [1.807, 2.05) is 85.8 Å². The van der Waals surface area contributed by atoms with Crippen molar-refractivity contribution in [2.24, 2.45) is 0 Å². The Balaban J connectivity index is 1.35. The van der Waals surface area contributed by atoms with Crippen LogP contribution in [-0.2, 0) is 20.8 Å². The molecule has 0 aliphatic heterocycles. The van der Waals surface area contributed by atoms with Crippen molar-refractivity contribution in [2.45, 2.75) is 32.1 Å². The second kappa shape index (κ2) is 17.2. The van der Waals surface area contributed by atoms with Gasteiger partial charge in [0.2, 0.25) is 11.8 Å². The predicted molar refractivity (Wildman–Crippen MR) is 182 cm³/mol. The summed E-state index contributed by atoms with van der Waals surface area (Å²) in [6.45, 7) is 1.98. The van der Waals surface area contributed by atoms with Gasteiger partial charge in [0, 0.05) is 24.7 Å². The molecule has 4 N–H and O–H groups in total. The second-order valence-corrected chi connectivity index (χ2v) is 11.1. The van der Waals surface area contributed by atoms with Crippen LogP contribution < -0.4 is 20.7 Å². The molecule has 0 spiro atoms. The first-order valence-electron chi connectivity index (χ1n) is 15.4. The number of nitrogens with one attached hydrogen (secondary N) is 3. The fourth-order valence-electron chi connectivity index (χ4n) is 5.24. The van der Waals surface area contributed by atoms with Gasteiger partial charge in [-0.2, -0.15) is 0 Å². The van der Waals surface area contributed by atoms with Gasteiger partial charge in [0.15, 0.2) is 0 Å². The zero-order valence-corrected chi connectivity index (χ0v) is 26.6. The van der Waals surface area contributed by atoms with Crippen LogP contribution in [0.5, 0.6) is 5.75 Å². The molecule has 0 aliphatic rings. The summed E-state index contributed by atoms with van der Waals surface area (Å²) in [5.41, 5.74) is 4.84. The Kier molecular flexibility index (Phi) is 12.5. The molecular formula is C37H40N4O6. The Hall–Kier alpha value is -5.64. The fraction of sp³-hybridized carbons (Fsp3) is 0.243. The van der Waals surface area contributed by atoms with Gasteiger partial charge in [0.25, 0.3) is 0 Å². The minimum Gasteiger partial charge on any atom is -0.495 e. The average Bonchev–Trinajstić information content (AvgIpc) is 3.07. The highest BCUT2D eigenvalue weighted by Crippen LogP contribution is 2.29. The lowest BCUT2D eigenvalue weighted by Crippen LogP contribution is -2.42. The molecule has 47 heavy (non-hydrogen) atoms. The van der Waals surface area contributed by atoms with E-state index in [4.69, 9.17) is 4.74 Å². The Morgan fingerprint density at radius 1 is 0.787 bits per heavy atom. The minimum absolute atomic E-state index is 0.00749. The number of methoxy groups -OCH3 is 1. The van der Waals surface area contributed by atoms with Crippen LogP contribution in [0.4, 0.5) is 16.2 Å². The van der Waals surface area contributed by atoms with Crippen LogP contribution in [0, 0.1) is 6.92 Å². The molecule has 4 rings (SSSR count). The SMILES string of the molecule is COc1cc(CC(=O)NCC(=O)N(CCC(=O)O)CCC(c2ccccc2)c2ccccc2)ccc1NC(=O)Nc1ccccc1C. The number of hydrogen-bond acceptors (Lipinski definition) is 5. The number of carboxylic acid groups (broad SMARTS) is 1. The summed E-state index contributed by atoms with van der Waals surface area (Å²) < 4.78 is 5.45. The number of ether oxygens (including phenoxy) is 1. The third-order valence-electron chi connectivity index (χ3n) is 7.75. The summed E-state index contributed by atoms with van der Waals surface area (Å²) in [5, 5.41) is 17.5. The van der Waals surface area contributed by atoms with E-state index in [1.165, 1.54) is 12.0 Å². The highest BCUT2D eigenvalue weighted by molar-refractivity contribution is 6.01. The molecule has 0 aliphatic carbocycles. The summed E-state index contributed by atoms with van der Waals surface area (Å²) in [6, 6.07) is 31.9. The van der Waals surface area contributed by atoms with E-state index >= 15 is 0 Å². The van der Waals surface area contributed by atoms with Crippen molar-refractivity contribution in [3.8, 4) is 5.75 Å². The molecule has 4 aromatic carbocycles. The zero-order chi connectivity index (χ0) is 33.6. The number of carbonyl (C=O) groups is 4. The number of benzene rings is 4. The predicted octanol–water partition coefficient (Wildman–Crippen LogP) is 5.83. The largest absolute Gasteiger partial charge is 0.495 e. The van der Waals surface area contributed by atoms with E-state index in [0.717, 1.165) is 16.7 Å². The number of nitrogens with zero attached hydrogens (tertiary/aromatic N) is 1. The quantitative estimate of drug-likeness (QED) is 0.130. The lowest BCUT2D eigenvalue weighted by molar-refractivity contribution is -0.139. The molecule has 0 saturated carbocycles. The summed E-state index contributed by atoms with van der Waals surface area (Å²) in [6.07, 6.45) is 0.346.